The predicted octanol–water partition coefficient (Wildman–Crippen LogP) is 2.22. The third kappa shape index (κ3) is 3.35. The van der Waals surface area contributed by atoms with E-state index in [4.69, 9.17) is 4.74 Å². The Morgan fingerprint density at radius 1 is 1.42 bits per heavy atom. The normalized spacial score (nSPS) is 19.5. The van der Waals surface area contributed by atoms with Gasteiger partial charge in [0.25, 0.3) is 0 Å². The molecule has 0 radical (unpaired) electrons. The summed E-state index contributed by atoms with van der Waals surface area (Å²) in [7, 11) is 0. The van der Waals surface area contributed by atoms with Gasteiger partial charge in [0.1, 0.15) is 18.0 Å². The van der Waals surface area contributed by atoms with E-state index in [1.54, 1.807) is 6.33 Å². The quantitative estimate of drug-likeness (QED) is 0.883. The number of rotatable bonds is 5. The van der Waals surface area contributed by atoms with Crippen LogP contribution in [0.4, 0.5) is 11.6 Å². The Balaban J connectivity index is 2.14. The predicted molar refractivity (Wildman–Crippen MR) is 77.8 cm³/mol. The first-order valence-corrected chi connectivity index (χ1v) is 7.18. The molecule has 1 atom stereocenters. The summed E-state index contributed by atoms with van der Waals surface area (Å²) >= 11 is 0. The molecule has 0 spiro atoms. The first kappa shape index (κ1) is 14.1. The molecule has 0 bridgehead atoms. The lowest BCUT2D eigenvalue weighted by Gasteiger charge is -2.34. The molecule has 1 aliphatic rings. The molecule has 2 heterocycles. The van der Waals surface area contributed by atoms with Crippen molar-refractivity contribution < 1.29 is 4.74 Å². The zero-order valence-corrected chi connectivity index (χ0v) is 12.1. The Morgan fingerprint density at radius 3 is 3.00 bits per heavy atom. The number of nitrogens with zero attached hydrogens (tertiary/aromatic N) is 3. The Kier molecular flexibility index (Phi) is 4.96. The van der Waals surface area contributed by atoms with Crippen LogP contribution in [0.2, 0.25) is 0 Å². The highest BCUT2D eigenvalue weighted by atomic mass is 16.5. The lowest BCUT2D eigenvalue weighted by molar-refractivity contribution is 0.0525. The van der Waals surface area contributed by atoms with Crippen molar-refractivity contribution in [1.82, 2.24) is 9.97 Å². The van der Waals surface area contributed by atoms with Gasteiger partial charge in [-0.25, -0.2) is 9.97 Å². The van der Waals surface area contributed by atoms with Crippen LogP contribution < -0.4 is 10.2 Å². The maximum absolute atomic E-state index is 5.75. The maximum atomic E-state index is 5.75. The number of ether oxygens (including phenoxy) is 1. The zero-order chi connectivity index (χ0) is 13.7. The molecule has 1 fully saturated rings. The van der Waals surface area contributed by atoms with Crippen LogP contribution in [0.15, 0.2) is 6.33 Å². The van der Waals surface area contributed by atoms with Gasteiger partial charge in [0.2, 0.25) is 0 Å². The first-order valence-electron chi connectivity index (χ1n) is 7.18. The van der Waals surface area contributed by atoms with Crippen LogP contribution in [0.1, 0.15) is 32.3 Å². The Morgan fingerprint density at radius 2 is 2.26 bits per heavy atom. The molecule has 0 saturated carbocycles. The van der Waals surface area contributed by atoms with Crippen LogP contribution in [0.5, 0.6) is 0 Å². The number of hydrogen-bond acceptors (Lipinski definition) is 5. The minimum atomic E-state index is 0.329. The van der Waals surface area contributed by atoms with Crippen LogP contribution >= 0.6 is 0 Å². The fraction of sp³-hybridized carbons (Fsp3) is 0.714. The van der Waals surface area contributed by atoms with E-state index in [9.17, 15) is 0 Å². The van der Waals surface area contributed by atoms with E-state index in [1.165, 1.54) is 0 Å². The fourth-order valence-corrected chi connectivity index (χ4v) is 2.61. The number of hydrogen-bond donors (Lipinski definition) is 1. The SMILES string of the molecule is CCNc1ncnc(N2CCCC(OCC)C2)c1C. The average molecular weight is 264 g/mol. The van der Waals surface area contributed by atoms with Crippen LogP contribution in [-0.2, 0) is 4.74 Å². The van der Waals surface area contributed by atoms with E-state index in [0.29, 0.717) is 6.10 Å². The monoisotopic (exact) mass is 264 g/mol. The number of piperidine rings is 1. The second-order valence-electron chi connectivity index (χ2n) is 4.87. The van der Waals surface area contributed by atoms with Gasteiger partial charge in [-0.15, -0.1) is 0 Å². The van der Waals surface area contributed by atoms with Crippen LogP contribution in [-0.4, -0.2) is 42.3 Å². The summed E-state index contributed by atoms with van der Waals surface area (Å²) in [5, 5.41) is 3.28. The average Bonchev–Trinajstić information content (AvgIpc) is 2.42. The van der Waals surface area contributed by atoms with Crippen LogP contribution in [0.25, 0.3) is 0 Å². The largest absolute Gasteiger partial charge is 0.377 e. The van der Waals surface area contributed by atoms with Gasteiger partial charge in [-0.05, 0) is 33.6 Å². The minimum Gasteiger partial charge on any atom is -0.377 e. The van der Waals surface area contributed by atoms with Crippen molar-refractivity contribution >= 4 is 11.6 Å². The van der Waals surface area contributed by atoms with Crippen molar-refractivity contribution in [2.75, 3.05) is 36.5 Å². The molecule has 1 aliphatic heterocycles. The maximum Gasteiger partial charge on any atom is 0.137 e. The molecule has 1 saturated heterocycles. The van der Waals surface area contributed by atoms with Gasteiger partial charge in [0.15, 0.2) is 0 Å². The Labute approximate surface area is 115 Å². The summed E-state index contributed by atoms with van der Waals surface area (Å²) in [6, 6.07) is 0. The molecule has 1 N–H and O–H groups in total. The van der Waals surface area contributed by atoms with E-state index in [2.05, 4.69) is 41.0 Å². The molecule has 5 nitrogen and oxygen atoms in total. The Hall–Kier alpha value is -1.36. The summed E-state index contributed by atoms with van der Waals surface area (Å²) in [6.07, 6.45) is 4.28. The van der Waals surface area contributed by atoms with Gasteiger partial charge in [-0.3, -0.25) is 0 Å². The van der Waals surface area contributed by atoms with E-state index in [0.717, 1.165) is 56.3 Å². The third-order valence-electron chi connectivity index (χ3n) is 3.48. The molecule has 2 rings (SSSR count). The van der Waals surface area contributed by atoms with Crippen molar-refractivity contribution in [3.05, 3.63) is 11.9 Å². The van der Waals surface area contributed by atoms with E-state index in [-0.39, 0.29) is 0 Å². The summed E-state index contributed by atoms with van der Waals surface area (Å²) in [6.45, 7) is 9.84. The van der Waals surface area contributed by atoms with Gasteiger partial charge in [0.05, 0.1) is 6.10 Å². The standard InChI is InChI=1S/C14H24N4O/c1-4-15-13-11(3)14(17-10-16-13)18-8-6-7-12(9-18)19-5-2/h10,12H,4-9H2,1-3H3,(H,15,16,17). The highest BCUT2D eigenvalue weighted by Gasteiger charge is 2.23. The highest BCUT2D eigenvalue weighted by molar-refractivity contribution is 5.58. The highest BCUT2D eigenvalue weighted by Crippen LogP contribution is 2.25. The smallest absolute Gasteiger partial charge is 0.137 e. The molecule has 5 heteroatoms. The second-order valence-corrected chi connectivity index (χ2v) is 4.87. The fourth-order valence-electron chi connectivity index (χ4n) is 2.61. The van der Waals surface area contributed by atoms with Crippen molar-refractivity contribution in [2.24, 2.45) is 0 Å². The van der Waals surface area contributed by atoms with Crippen LogP contribution in [0, 0.1) is 6.92 Å². The van der Waals surface area contributed by atoms with Crippen molar-refractivity contribution in [1.29, 1.82) is 0 Å². The van der Waals surface area contributed by atoms with Gasteiger partial charge in [-0.1, -0.05) is 0 Å². The topological polar surface area (TPSA) is 50.3 Å². The molecule has 0 aromatic carbocycles. The lowest BCUT2D eigenvalue weighted by atomic mass is 10.1. The molecule has 106 valence electrons. The van der Waals surface area contributed by atoms with Crippen molar-refractivity contribution in [2.45, 2.75) is 39.7 Å². The lowest BCUT2D eigenvalue weighted by Crippen LogP contribution is -2.40. The third-order valence-corrected chi connectivity index (χ3v) is 3.48. The molecular formula is C14H24N4O. The molecule has 1 unspecified atom stereocenters. The molecular weight excluding hydrogens is 240 g/mol. The number of nitrogens with one attached hydrogen (secondary N) is 1. The molecule has 0 amide bonds. The molecule has 1 aromatic rings. The van der Waals surface area contributed by atoms with Crippen molar-refractivity contribution in [3.63, 3.8) is 0 Å². The van der Waals surface area contributed by atoms with E-state index < -0.39 is 0 Å². The van der Waals surface area contributed by atoms with E-state index >= 15 is 0 Å². The van der Waals surface area contributed by atoms with Gasteiger partial charge in [-0.2, -0.15) is 0 Å². The summed E-state index contributed by atoms with van der Waals surface area (Å²) in [5.41, 5.74) is 1.13. The minimum absolute atomic E-state index is 0.329. The van der Waals surface area contributed by atoms with Gasteiger partial charge in [0, 0.05) is 31.8 Å². The van der Waals surface area contributed by atoms with Gasteiger partial charge >= 0.3 is 0 Å². The van der Waals surface area contributed by atoms with E-state index in [1.807, 2.05) is 0 Å². The van der Waals surface area contributed by atoms with Crippen molar-refractivity contribution in [3.8, 4) is 0 Å². The summed E-state index contributed by atoms with van der Waals surface area (Å²) in [5.74, 6) is 1.97. The molecule has 19 heavy (non-hydrogen) atoms. The second kappa shape index (κ2) is 6.70. The molecule has 0 aliphatic carbocycles. The summed E-state index contributed by atoms with van der Waals surface area (Å²) in [4.78, 5) is 11.1. The zero-order valence-electron chi connectivity index (χ0n) is 12.1. The van der Waals surface area contributed by atoms with Crippen LogP contribution in [0.3, 0.4) is 0 Å². The first-order chi connectivity index (χ1) is 9.26. The molecule has 1 aromatic heterocycles. The van der Waals surface area contributed by atoms with Gasteiger partial charge < -0.3 is 15.0 Å². The number of anilines is 2. The number of aromatic nitrogens is 2. The summed E-state index contributed by atoms with van der Waals surface area (Å²) < 4.78 is 5.75. The Bertz CT molecular complexity index is 408.